The highest BCUT2D eigenvalue weighted by molar-refractivity contribution is 7.89. The summed E-state index contributed by atoms with van der Waals surface area (Å²) in [6, 6.07) is 11.8. The molecule has 6 nitrogen and oxygen atoms in total. The first kappa shape index (κ1) is 17.9. The average Bonchev–Trinajstić information content (AvgIpc) is 2.55. The SMILES string of the molecule is COc1ccc(F)cc1S(=O)(=O)N(C)CC(=O)Nc1ccccc1. The monoisotopic (exact) mass is 352 g/mol. The van der Waals surface area contributed by atoms with E-state index in [0.29, 0.717) is 5.69 Å². The van der Waals surface area contributed by atoms with Crippen molar-refractivity contribution in [3.63, 3.8) is 0 Å². The van der Waals surface area contributed by atoms with Crippen LogP contribution >= 0.6 is 0 Å². The number of rotatable bonds is 6. The Morgan fingerprint density at radius 3 is 2.50 bits per heavy atom. The van der Waals surface area contributed by atoms with Crippen LogP contribution in [0.15, 0.2) is 53.4 Å². The minimum Gasteiger partial charge on any atom is -0.495 e. The number of hydrogen-bond donors (Lipinski definition) is 1. The van der Waals surface area contributed by atoms with E-state index in [1.165, 1.54) is 20.2 Å². The molecular formula is C16H17FN2O4S. The molecule has 0 heterocycles. The summed E-state index contributed by atoms with van der Waals surface area (Å²) < 4.78 is 44.3. The first-order valence-corrected chi connectivity index (χ1v) is 8.43. The summed E-state index contributed by atoms with van der Waals surface area (Å²) in [5.41, 5.74) is 0.552. The molecule has 0 bridgehead atoms. The first-order valence-electron chi connectivity index (χ1n) is 6.99. The molecule has 0 fully saturated rings. The summed E-state index contributed by atoms with van der Waals surface area (Å²) in [6.07, 6.45) is 0. The molecule has 2 aromatic carbocycles. The van der Waals surface area contributed by atoms with Crippen molar-refractivity contribution in [1.29, 1.82) is 0 Å². The van der Waals surface area contributed by atoms with Crippen LogP contribution in [0, 0.1) is 5.82 Å². The molecule has 2 aromatic rings. The molecule has 1 amide bonds. The van der Waals surface area contributed by atoms with Crippen molar-refractivity contribution >= 4 is 21.6 Å². The number of carbonyl (C=O) groups excluding carboxylic acids is 1. The van der Waals surface area contributed by atoms with Gasteiger partial charge in [-0.15, -0.1) is 0 Å². The Labute approximate surface area is 139 Å². The highest BCUT2D eigenvalue weighted by atomic mass is 32.2. The molecule has 0 aliphatic rings. The lowest BCUT2D eigenvalue weighted by atomic mass is 10.3. The van der Waals surface area contributed by atoms with E-state index in [9.17, 15) is 17.6 Å². The molecule has 0 aliphatic heterocycles. The number of sulfonamides is 1. The second kappa shape index (κ2) is 7.41. The van der Waals surface area contributed by atoms with Crippen LogP contribution in [0.25, 0.3) is 0 Å². The lowest BCUT2D eigenvalue weighted by Gasteiger charge is -2.18. The molecule has 0 spiro atoms. The van der Waals surface area contributed by atoms with Crippen LogP contribution in [0.3, 0.4) is 0 Å². The predicted octanol–water partition coefficient (Wildman–Crippen LogP) is 2.09. The lowest BCUT2D eigenvalue weighted by Crippen LogP contribution is -2.35. The molecule has 24 heavy (non-hydrogen) atoms. The number of para-hydroxylation sites is 1. The van der Waals surface area contributed by atoms with Gasteiger partial charge in [-0.1, -0.05) is 18.2 Å². The topological polar surface area (TPSA) is 75.7 Å². The Kier molecular flexibility index (Phi) is 5.53. The fraction of sp³-hybridized carbons (Fsp3) is 0.188. The third-order valence-corrected chi connectivity index (χ3v) is 5.06. The maximum atomic E-state index is 13.4. The van der Waals surface area contributed by atoms with Crippen molar-refractivity contribution in [2.45, 2.75) is 4.90 Å². The van der Waals surface area contributed by atoms with Gasteiger partial charge in [0.15, 0.2) is 0 Å². The third-order valence-electron chi connectivity index (χ3n) is 3.24. The number of methoxy groups -OCH3 is 1. The maximum Gasteiger partial charge on any atom is 0.247 e. The Bertz CT molecular complexity index is 825. The molecule has 0 saturated carbocycles. The van der Waals surface area contributed by atoms with Crippen molar-refractivity contribution in [2.24, 2.45) is 0 Å². The van der Waals surface area contributed by atoms with Gasteiger partial charge in [0.2, 0.25) is 15.9 Å². The van der Waals surface area contributed by atoms with Gasteiger partial charge in [-0.3, -0.25) is 4.79 Å². The van der Waals surface area contributed by atoms with Crippen molar-refractivity contribution in [3.05, 3.63) is 54.3 Å². The van der Waals surface area contributed by atoms with Crippen molar-refractivity contribution in [2.75, 3.05) is 26.0 Å². The number of nitrogens with one attached hydrogen (secondary N) is 1. The Morgan fingerprint density at radius 2 is 1.88 bits per heavy atom. The van der Waals surface area contributed by atoms with E-state index in [0.717, 1.165) is 16.4 Å². The van der Waals surface area contributed by atoms with E-state index in [1.54, 1.807) is 30.3 Å². The second-order valence-corrected chi connectivity index (χ2v) is 6.98. The van der Waals surface area contributed by atoms with Crippen LogP contribution in [-0.4, -0.2) is 39.3 Å². The van der Waals surface area contributed by atoms with Gasteiger partial charge in [-0.05, 0) is 30.3 Å². The quantitative estimate of drug-likeness (QED) is 0.864. The normalized spacial score (nSPS) is 11.3. The smallest absolute Gasteiger partial charge is 0.247 e. The van der Waals surface area contributed by atoms with E-state index in [4.69, 9.17) is 4.74 Å². The number of likely N-dealkylation sites (N-methyl/N-ethyl adjacent to an activating group) is 1. The number of benzene rings is 2. The lowest BCUT2D eigenvalue weighted by molar-refractivity contribution is -0.116. The molecule has 0 unspecified atom stereocenters. The number of carbonyl (C=O) groups is 1. The fourth-order valence-electron chi connectivity index (χ4n) is 2.03. The Balaban J connectivity index is 2.17. The zero-order chi connectivity index (χ0) is 17.7. The Morgan fingerprint density at radius 1 is 1.21 bits per heavy atom. The standard InChI is InChI=1S/C16H17FN2O4S/c1-19(11-16(20)18-13-6-4-3-5-7-13)24(21,22)15-10-12(17)8-9-14(15)23-2/h3-10H,11H2,1-2H3,(H,18,20). The molecule has 0 aromatic heterocycles. The summed E-state index contributed by atoms with van der Waals surface area (Å²) in [5.74, 6) is -1.22. The van der Waals surface area contributed by atoms with Crippen LogP contribution in [0.5, 0.6) is 5.75 Å². The summed E-state index contributed by atoms with van der Waals surface area (Å²) in [5, 5.41) is 2.59. The second-order valence-electron chi connectivity index (χ2n) is 4.97. The van der Waals surface area contributed by atoms with Gasteiger partial charge in [0.25, 0.3) is 0 Å². The van der Waals surface area contributed by atoms with E-state index in [-0.39, 0.29) is 10.6 Å². The zero-order valence-corrected chi connectivity index (χ0v) is 14.0. The summed E-state index contributed by atoms with van der Waals surface area (Å²) in [7, 11) is -1.56. The van der Waals surface area contributed by atoms with E-state index < -0.39 is 28.3 Å². The first-order chi connectivity index (χ1) is 11.3. The maximum absolute atomic E-state index is 13.4. The van der Waals surface area contributed by atoms with Crippen LogP contribution in [0.2, 0.25) is 0 Å². The summed E-state index contributed by atoms with van der Waals surface area (Å²) in [6.45, 7) is -0.420. The summed E-state index contributed by atoms with van der Waals surface area (Å²) in [4.78, 5) is 11.7. The number of amides is 1. The van der Waals surface area contributed by atoms with E-state index in [1.807, 2.05) is 0 Å². The van der Waals surface area contributed by atoms with Crippen molar-refractivity contribution in [3.8, 4) is 5.75 Å². The minimum atomic E-state index is -4.08. The van der Waals surface area contributed by atoms with E-state index >= 15 is 0 Å². The van der Waals surface area contributed by atoms with Gasteiger partial charge < -0.3 is 10.1 Å². The van der Waals surface area contributed by atoms with Crippen molar-refractivity contribution in [1.82, 2.24) is 4.31 Å². The molecule has 0 saturated heterocycles. The van der Waals surface area contributed by atoms with Crippen LogP contribution in [-0.2, 0) is 14.8 Å². The fourth-order valence-corrected chi connectivity index (χ4v) is 3.32. The highest BCUT2D eigenvalue weighted by Crippen LogP contribution is 2.26. The minimum absolute atomic E-state index is 0.00622. The van der Waals surface area contributed by atoms with Gasteiger partial charge in [-0.25, -0.2) is 12.8 Å². The zero-order valence-electron chi connectivity index (χ0n) is 13.2. The third kappa shape index (κ3) is 4.09. The van der Waals surface area contributed by atoms with Gasteiger partial charge in [0.1, 0.15) is 16.5 Å². The molecule has 128 valence electrons. The van der Waals surface area contributed by atoms with Crippen molar-refractivity contribution < 1.29 is 22.3 Å². The summed E-state index contributed by atoms with van der Waals surface area (Å²) >= 11 is 0. The highest BCUT2D eigenvalue weighted by Gasteiger charge is 2.27. The number of ether oxygens (including phenoxy) is 1. The number of hydrogen-bond acceptors (Lipinski definition) is 4. The molecule has 8 heteroatoms. The van der Waals surface area contributed by atoms with Crippen LogP contribution < -0.4 is 10.1 Å². The molecular weight excluding hydrogens is 335 g/mol. The number of halogens is 1. The number of nitrogens with zero attached hydrogens (tertiary/aromatic N) is 1. The molecule has 0 atom stereocenters. The predicted molar refractivity (Wildman–Crippen MR) is 87.8 cm³/mol. The molecule has 0 radical (unpaired) electrons. The van der Waals surface area contributed by atoms with Crippen LogP contribution in [0.4, 0.5) is 10.1 Å². The van der Waals surface area contributed by atoms with Gasteiger partial charge in [0.05, 0.1) is 13.7 Å². The largest absolute Gasteiger partial charge is 0.495 e. The van der Waals surface area contributed by atoms with Gasteiger partial charge in [-0.2, -0.15) is 4.31 Å². The van der Waals surface area contributed by atoms with E-state index in [2.05, 4.69) is 5.32 Å². The van der Waals surface area contributed by atoms with Gasteiger partial charge in [0, 0.05) is 12.7 Å². The Hall–Kier alpha value is -2.45. The van der Waals surface area contributed by atoms with Gasteiger partial charge >= 0.3 is 0 Å². The molecule has 1 N–H and O–H groups in total. The van der Waals surface area contributed by atoms with Crippen LogP contribution in [0.1, 0.15) is 0 Å². The number of anilines is 1. The molecule has 0 aliphatic carbocycles. The molecule has 2 rings (SSSR count). The average molecular weight is 352 g/mol.